The van der Waals surface area contributed by atoms with E-state index in [1.54, 1.807) is 13.8 Å². The fourth-order valence-electron chi connectivity index (χ4n) is 0.481. The normalized spacial score (nSPS) is 8.44. The van der Waals surface area contributed by atoms with Crippen molar-refractivity contribution >= 4 is 16.8 Å². The highest BCUT2D eigenvalue weighted by atomic mass is 35.5. The van der Waals surface area contributed by atoms with Crippen molar-refractivity contribution in [1.29, 1.82) is 0 Å². The topological polar surface area (TPSA) is 26.3 Å². The molecule has 0 fully saturated rings. The summed E-state index contributed by atoms with van der Waals surface area (Å²) in [4.78, 5) is 10.4. The maximum Gasteiger partial charge on any atom is 0.287 e. The Morgan fingerprint density at radius 3 is 1.89 bits per heavy atom. The Morgan fingerprint density at radius 2 is 1.89 bits per heavy atom. The van der Waals surface area contributed by atoms with E-state index < -0.39 is 5.24 Å². The summed E-state index contributed by atoms with van der Waals surface area (Å²) in [6.07, 6.45) is 0. The summed E-state index contributed by atoms with van der Waals surface area (Å²) in [5, 5.41) is -0.544. The molecule has 0 atom stereocenters. The van der Waals surface area contributed by atoms with Crippen LogP contribution >= 0.6 is 11.6 Å². The van der Waals surface area contributed by atoms with E-state index in [4.69, 9.17) is 11.6 Å². The molecule has 0 spiro atoms. The zero-order chi connectivity index (χ0) is 7.44. The van der Waals surface area contributed by atoms with Gasteiger partial charge < -0.3 is 4.74 Å². The molecule has 0 saturated carbocycles. The summed E-state index contributed by atoms with van der Waals surface area (Å²) in [5.41, 5.74) is 0.789. The van der Waals surface area contributed by atoms with Crippen LogP contribution in [0.15, 0.2) is 11.3 Å². The molecule has 0 aliphatic carbocycles. The minimum atomic E-state index is -0.544. The number of rotatable bonds is 2. The maximum absolute atomic E-state index is 10.4. The fourth-order valence-corrected chi connectivity index (χ4v) is 0.747. The van der Waals surface area contributed by atoms with Gasteiger partial charge in [-0.25, -0.2) is 0 Å². The summed E-state index contributed by atoms with van der Waals surface area (Å²) >= 11 is 5.12. The lowest BCUT2D eigenvalue weighted by Gasteiger charge is -2.00. The van der Waals surface area contributed by atoms with Gasteiger partial charge in [-0.05, 0) is 31.0 Å². The first-order chi connectivity index (χ1) is 4.09. The van der Waals surface area contributed by atoms with Crippen LogP contribution in [0.1, 0.15) is 13.8 Å². The second kappa shape index (κ2) is 3.51. The Balaban J connectivity index is 4.35. The molecular formula is C6H9ClO2. The number of methoxy groups -OCH3 is 1. The van der Waals surface area contributed by atoms with Crippen LogP contribution in [-0.2, 0) is 9.53 Å². The number of carbonyl (C=O) groups is 1. The van der Waals surface area contributed by atoms with Crippen molar-refractivity contribution in [3.8, 4) is 0 Å². The first-order valence-corrected chi connectivity index (χ1v) is 2.88. The van der Waals surface area contributed by atoms with Crippen LogP contribution in [-0.4, -0.2) is 12.4 Å². The third kappa shape index (κ3) is 2.51. The third-order valence-electron chi connectivity index (χ3n) is 0.837. The molecule has 0 amide bonds. The van der Waals surface area contributed by atoms with Crippen molar-refractivity contribution in [3.63, 3.8) is 0 Å². The average Bonchev–Trinajstić information content (AvgIpc) is 1.64. The zero-order valence-corrected chi connectivity index (χ0v) is 6.45. The predicted molar refractivity (Wildman–Crippen MR) is 36.2 cm³/mol. The van der Waals surface area contributed by atoms with Crippen LogP contribution in [0, 0.1) is 0 Å². The lowest BCUT2D eigenvalue weighted by Crippen LogP contribution is -1.97. The van der Waals surface area contributed by atoms with E-state index in [-0.39, 0.29) is 5.76 Å². The van der Waals surface area contributed by atoms with Gasteiger partial charge in [0.2, 0.25) is 0 Å². The van der Waals surface area contributed by atoms with Crippen LogP contribution in [0.25, 0.3) is 0 Å². The lowest BCUT2D eigenvalue weighted by atomic mass is 10.3. The molecule has 0 bridgehead atoms. The second-order valence-electron chi connectivity index (χ2n) is 1.81. The molecular weight excluding hydrogens is 140 g/mol. The van der Waals surface area contributed by atoms with E-state index in [1.807, 2.05) is 0 Å². The summed E-state index contributed by atoms with van der Waals surface area (Å²) in [6.45, 7) is 3.53. The van der Waals surface area contributed by atoms with E-state index in [0.29, 0.717) is 0 Å². The summed E-state index contributed by atoms with van der Waals surface area (Å²) in [6, 6.07) is 0. The van der Waals surface area contributed by atoms with Crippen LogP contribution in [0.2, 0.25) is 0 Å². The van der Waals surface area contributed by atoms with Gasteiger partial charge in [-0.1, -0.05) is 0 Å². The molecule has 2 nitrogen and oxygen atoms in total. The van der Waals surface area contributed by atoms with Gasteiger partial charge in [-0.15, -0.1) is 0 Å². The predicted octanol–water partition coefficient (Wildman–Crippen LogP) is 1.69. The standard InChI is InChI=1S/C6H9ClO2/c1-4(2)5(9-3)6(7)8/h1-3H3. The van der Waals surface area contributed by atoms with Gasteiger partial charge in [-0.2, -0.15) is 0 Å². The first kappa shape index (κ1) is 8.50. The van der Waals surface area contributed by atoms with Gasteiger partial charge in [-0.3, -0.25) is 4.79 Å². The van der Waals surface area contributed by atoms with Crippen molar-refractivity contribution in [2.45, 2.75) is 13.8 Å². The molecule has 0 aliphatic heterocycles. The smallest absolute Gasteiger partial charge is 0.287 e. The van der Waals surface area contributed by atoms with E-state index in [0.717, 1.165) is 5.57 Å². The van der Waals surface area contributed by atoms with Crippen molar-refractivity contribution in [2.75, 3.05) is 7.11 Å². The van der Waals surface area contributed by atoms with Crippen molar-refractivity contribution in [2.24, 2.45) is 0 Å². The van der Waals surface area contributed by atoms with Gasteiger partial charge in [0, 0.05) is 0 Å². The third-order valence-corrected chi connectivity index (χ3v) is 1.01. The van der Waals surface area contributed by atoms with E-state index in [9.17, 15) is 4.79 Å². The van der Waals surface area contributed by atoms with Gasteiger partial charge in [0.25, 0.3) is 5.24 Å². The summed E-state index contributed by atoms with van der Waals surface area (Å²) < 4.78 is 4.67. The van der Waals surface area contributed by atoms with Crippen molar-refractivity contribution in [3.05, 3.63) is 11.3 Å². The van der Waals surface area contributed by atoms with Crippen molar-refractivity contribution in [1.82, 2.24) is 0 Å². The zero-order valence-electron chi connectivity index (χ0n) is 5.69. The Morgan fingerprint density at radius 1 is 1.44 bits per heavy atom. The highest BCUT2D eigenvalue weighted by Gasteiger charge is 2.05. The lowest BCUT2D eigenvalue weighted by molar-refractivity contribution is -0.111. The van der Waals surface area contributed by atoms with E-state index in [1.165, 1.54) is 7.11 Å². The molecule has 0 aliphatic rings. The average molecular weight is 149 g/mol. The number of carbonyl (C=O) groups excluding carboxylic acids is 1. The molecule has 0 radical (unpaired) electrons. The molecule has 3 heteroatoms. The van der Waals surface area contributed by atoms with Gasteiger partial charge in [0.15, 0.2) is 5.76 Å². The monoisotopic (exact) mass is 148 g/mol. The Hall–Kier alpha value is -0.500. The second-order valence-corrected chi connectivity index (χ2v) is 2.15. The summed E-state index contributed by atoms with van der Waals surface area (Å²) in [7, 11) is 1.42. The molecule has 52 valence electrons. The Labute approximate surface area is 59.5 Å². The molecule has 0 N–H and O–H groups in total. The van der Waals surface area contributed by atoms with Crippen molar-refractivity contribution < 1.29 is 9.53 Å². The molecule has 0 saturated heterocycles. The molecule has 0 heterocycles. The molecule has 0 aromatic heterocycles. The Kier molecular flexibility index (Phi) is 3.32. The highest BCUT2D eigenvalue weighted by Crippen LogP contribution is 2.06. The number of hydrogen-bond donors (Lipinski definition) is 0. The maximum atomic E-state index is 10.4. The minimum Gasteiger partial charge on any atom is -0.492 e. The number of hydrogen-bond acceptors (Lipinski definition) is 2. The van der Waals surface area contributed by atoms with E-state index in [2.05, 4.69) is 4.74 Å². The molecule has 0 unspecified atom stereocenters. The fraction of sp³-hybridized carbons (Fsp3) is 0.500. The van der Waals surface area contributed by atoms with Crippen LogP contribution in [0.3, 0.4) is 0 Å². The number of ether oxygens (including phenoxy) is 1. The van der Waals surface area contributed by atoms with Gasteiger partial charge in [0.1, 0.15) is 0 Å². The highest BCUT2D eigenvalue weighted by molar-refractivity contribution is 6.67. The van der Waals surface area contributed by atoms with Crippen LogP contribution in [0.5, 0.6) is 0 Å². The van der Waals surface area contributed by atoms with Crippen LogP contribution in [0.4, 0.5) is 0 Å². The molecule has 9 heavy (non-hydrogen) atoms. The largest absolute Gasteiger partial charge is 0.492 e. The van der Waals surface area contributed by atoms with Gasteiger partial charge in [0.05, 0.1) is 7.11 Å². The SMILES string of the molecule is COC(C(=O)Cl)=C(C)C. The van der Waals surface area contributed by atoms with Crippen LogP contribution < -0.4 is 0 Å². The number of allylic oxidation sites excluding steroid dienone is 2. The molecule has 0 aromatic rings. The van der Waals surface area contributed by atoms with E-state index >= 15 is 0 Å². The molecule has 0 rings (SSSR count). The summed E-state index contributed by atoms with van der Waals surface area (Å²) in [5.74, 6) is 0.233. The molecule has 0 aromatic carbocycles. The minimum absolute atomic E-state index is 0.233. The number of halogens is 1. The first-order valence-electron chi connectivity index (χ1n) is 2.51. The quantitative estimate of drug-likeness (QED) is 0.339. The van der Waals surface area contributed by atoms with Gasteiger partial charge >= 0.3 is 0 Å². The Bertz CT molecular complexity index is 145.